The van der Waals surface area contributed by atoms with E-state index in [0.29, 0.717) is 12.4 Å². The number of carbonyl (C=O) groups excluding carboxylic acids is 2. The van der Waals surface area contributed by atoms with Crippen molar-refractivity contribution in [1.29, 1.82) is 0 Å². The average Bonchev–Trinajstić information content (AvgIpc) is 2.03. The van der Waals surface area contributed by atoms with Crippen LogP contribution in [0, 0.1) is 0 Å². The average molecular weight is 205 g/mol. The summed E-state index contributed by atoms with van der Waals surface area (Å²) in [6, 6.07) is -0.521. The largest absolute Gasteiger partial charge is 0.464 e. The molecule has 0 heterocycles. The molecule has 0 aromatic rings. The van der Waals surface area contributed by atoms with E-state index in [-0.39, 0.29) is 11.9 Å². The SMILES string of the molecule is CCOC(=O)[C@H](CSC)NC(C)=O. The van der Waals surface area contributed by atoms with Gasteiger partial charge in [0.25, 0.3) is 0 Å². The predicted molar refractivity (Wildman–Crippen MR) is 52.6 cm³/mol. The summed E-state index contributed by atoms with van der Waals surface area (Å²) in [6.07, 6.45) is 1.87. The van der Waals surface area contributed by atoms with Crippen molar-refractivity contribution in [1.82, 2.24) is 5.32 Å². The van der Waals surface area contributed by atoms with Crippen molar-refractivity contribution >= 4 is 23.6 Å². The second-order valence-corrected chi connectivity index (χ2v) is 3.37. The van der Waals surface area contributed by atoms with Crippen molar-refractivity contribution in [3.05, 3.63) is 0 Å². The van der Waals surface area contributed by atoms with Gasteiger partial charge >= 0.3 is 5.97 Å². The van der Waals surface area contributed by atoms with Crippen molar-refractivity contribution in [3.8, 4) is 0 Å². The van der Waals surface area contributed by atoms with Gasteiger partial charge in [-0.25, -0.2) is 4.79 Å². The molecule has 0 spiro atoms. The van der Waals surface area contributed by atoms with Gasteiger partial charge in [-0.2, -0.15) is 11.8 Å². The standard InChI is InChI=1S/C8H15NO3S/c1-4-12-8(11)7(5-13-3)9-6(2)10/h7H,4-5H2,1-3H3,(H,9,10)/t7-/m0/s1. The Morgan fingerprint density at radius 2 is 2.15 bits per heavy atom. The summed E-state index contributed by atoms with van der Waals surface area (Å²) in [7, 11) is 0. The Morgan fingerprint density at radius 1 is 1.54 bits per heavy atom. The van der Waals surface area contributed by atoms with E-state index in [1.165, 1.54) is 18.7 Å². The molecule has 0 rings (SSSR count). The number of hydrogen-bond donors (Lipinski definition) is 1. The van der Waals surface area contributed by atoms with Crippen LogP contribution in [0.15, 0.2) is 0 Å². The van der Waals surface area contributed by atoms with Gasteiger partial charge in [0.2, 0.25) is 5.91 Å². The molecular weight excluding hydrogens is 190 g/mol. The molecule has 0 fully saturated rings. The molecule has 0 aromatic heterocycles. The lowest BCUT2D eigenvalue weighted by Gasteiger charge is -2.14. The molecule has 0 radical (unpaired) electrons. The minimum Gasteiger partial charge on any atom is -0.464 e. The molecule has 0 saturated carbocycles. The summed E-state index contributed by atoms with van der Waals surface area (Å²) in [5.74, 6) is -0.0440. The molecule has 76 valence electrons. The first kappa shape index (κ1) is 12.3. The Morgan fingerprint density at radius 3 is 2.54 bits per heavy atom. The molecule has 1 amide bonds. The number of amides is 1. The molecule has 0 aliphatic carbocycles. The number of ether oxygens (including phenoxy) is 1. The van der Waals surface area contributed by atoms with Crippen molar-refractivity contribution < 1.29 is 14.3 Å². The highest BCUT2D eigenvalue weighted by Crippen LogP contribution is 1.99. The quantitative estimate of drug-likeness (QED) is 0.661. The third kappa shape index (κ3) is 5.52. The van der Waals surface area contributed by atoms with E-state index in [0.717, 1.165) is 0 Å². The van der Waals surface area contributed by atoms with Gasteiger partial charge in [0, 0.05) is 12.7 Å². The summed E-state index contributed by atoms with van der Waals surface area (Å²) in [4.78, 5) is 21.9. The predicted octanol–water partition coefficient (Wildman–Crippen LogP) is 0.417. The molecule has 1 atom stereocenters. The molecule has 1 N–H and O–H groups in total. The Bertz CT molecular complexity index is 184. The molecule has 0 saturated heterocycles. The van der Waals surface area contributed by atoms with E-state index in [4.69, 9.17) is 4.74 Å². The van der Waals surface area contributed by atoms with Crippen LogP contribution < -0.4 is 5.32 Å². The minimum atomic E-state index is -0.521. The van der Waals surface area contributed by atoms with Crippen LogP contribution in [0.2, 0.25) is 0 Å². The van der Waals surface area contributed by atoms with Crippen molar-refractivity contribution in [3.63, 3.8) is 0 Å². The molecule has 0 aromatic carbocycles. The third-order valence-corrected chi connectivity index (χ3v) is 1.95. The summed E-state index contributed by atoms with van der Waals surface area (Å²) in [5.41, 5.74) is 0. The van der Waals surface area contributed by atoms with E-state index in [1.807, 2.05) is 6.26 Å². The van der Waals surface area contributed by atoms with E-state index in [2.05, 4.69) is 5.32 Å². The molecule has 0 unspecified atom stereocenters. The summed E-state index contributed by atoms with van der Waals surface area (Å²) < 4.78 is 4.79. The van der Waals surface area contributed by atoms with Crippen LogP contribution in [0.4, 0.5) is 0 Å². The van der Waals surface area contributed by atoms with E-state index in [1.54, 1.807) is 6.92 Å². The lowest BCUT2D eigenvalue weighted by molar-refractivity contribution is -0.146. The van der Waals surface area contributed by atoms with Crippen LogP contribution in [0.5, 0.6) is 0 Å². The van der Waals surface area contributed by atoms with Gasteiger partial charge in [0.15, 0.2) is 0 Å². The normalized spacial score (nSPS) is 11.9. The van der Waals surface area contributed by atoms with Crippen molar-refractivity contribution in [2.24, 2.45) is 0 Å². The van der Waals surface area contributed by atoms with Gasteiger partial charge < -0.3 is 10.1 Å². The molecule has 5 heteroatoms. The van der Waals surface area contributed by atoms with E-state index in [9.17, 15) is 9.59 Å². The van der Waals surface area contributed by atoms with Crippen molar-refractivity contribution in [2.75, 3.05) is 18.6 Å². The molecule has 0 aliphatic rings. The number of carbonyl (C=O) groups is 2. The Hall–Kier alpha value is -0.710. The monoisotopic (exact) mass is 205 g/mol. The van der Waals surface area contributed by atoms with E-state index >= 15 is 0 Å². The fraction of sp³-hybridized carbons (Fsp3) is 0.750. The number of nitrogens with one attached hydrogen (secondary N) is 1. The second-order valence-electron chi connectivity index (χ2n) is 2.46. The zero-order chi connectivity index (χ0) is 10.3. The third-order valence-electron chi connectivity index (χ3n) is 1.28. The highest BCUT2D eigenvalue weighted by atomic mass is 32.2. The van der Waals surface area contributed by atoms with Gasteiger partial charge in [-0.3, -0.25) is 4.79 Å². The summed E-state index contributed by atoms with van der Waals surface area (Å²) >= 11 is 1.49. The zero-order valence-corrected chi connectivity index (χ0v) is 8.94. The molecular formula is C8H15NO3S. The number of rotatable bonds is 5. The van der Waals surface area contributed by atoms with E-state index < -0.39 is 6.04 Å². The lowest BCUT2D eigenvalue weighted by Crippen LogP contribution is -2.42. The fourth-order valence-corrected chi connectivity index (χ4v) is 1.38. The van der Waals surface area contributed by atoms with Gasteiger partial charge in [-0.1, -0.05) is 0 Å². The Balaban J connectivity index is 4.06. The zero-order valence-electron chi connectivity index (χ0n) is 8.12. The highest BCUT2D eigenvalue weighted by molar-refractivity contribution is 7.98. The van der Waals surface area contributed by atoms with Crippen LogP contribution in [-0.4, -0.2) is 36.5 Å². The maximum Gasteiger partial charge on any atom is 0.329 e. The molecule has 4 nitrogen and oxygen atoms in total. The first-order valence-electron chi connectivity index (χ1n) is 4.04. The summed E-state index contributed by atoms with van der Waals surface area (Å²) in [6.45, 7) is 3.46. The number of esters is 1. The van der Waals surface area contributed by atoms with Gasteiger partial charge in [0.1, 0.15) is 6.04 Å². The van der Waals surface area contributed by atoms with Gasteiger partial charge in [-0.05, 0) is 13.2 Å². The fourth-order valence-electron chi connectivity index (χ4n) is 0.824. The second kappa shape index (κ2) is 6.77. The van der Waals surface area contributed by atoms with Crippen LogP contribution in [0.3, 0.4) is 0 Å². The molecule has 0 bridgehead atoms. The topological polar surface area (TPSA) is 55.4 Å². The maximum atomic E-state index is 11.2. The first-order valence-corrected chi connectivity index (χ1v) is 5.43. The van der Waals surface area contributed by atoms with Crippen LogP contribution in [0.25, 0.3) is 0 Å². The lowest BCUT2D eigenvalue weighted by atomic mass is 10.3. The van der Waals surface area contributed by atoms with Crippen molar-refractivity contribution in [2.45, 2.75) is 19.9 Å². The van der Waals surface area contributed by atoms with Gasteiger partial charge in [-0.15, -0.1) is 0 Å². The highest BCUT2D eigenvalue weighted by Gasteiger charge is 2.19. The minimum absolute atomic E-state index is 0.216. The number of hydrogen-bond acceptors (Lipinski definition) is 4. The molecule has 0 aliphatic heterocycles. The van der Waals surface area contributed by atoms with Crippen LogP contribution >= 0.6 is 11.8 Å². The Labute approximate surface area is 82.4 Å². The number of thioether (sulfide) groups is 1. The smallest absolute Gasteiger partial charge is 0.329 e. The Kier molecular flexibility index (Phi) is 6.40. The maximum absolute atomic E-state index is 11.2. The molecule has 13 heavy (non-hydrogen) atoms. The first-order chi connectivity index (χ1) is 6.11. The van der Waals surface area contributed by atoms with Crippen LogP contribution in [0.1, 0.15) is 13.8 Å². The van der Waals surface area contributed by atoms with Gasteiger partial charge in [0.05, 0.1) is 6.61 Å². The summed E-state index contributed by atoms with van der Waals surface area (Å²) in [5, 5.41) is 2.53. The van der Waals surface area contributed by atoms with Crippen LogP contribution in [-0.2, 0) is 14.3 Å².